The monoisotopic (exact) mass is 1810 g/mol. The van der Waals surface area contributed by atoms with Crippen LogP contribution in [0.1, 0.15) is 215 Å². The van der Waals surface area contributed by atoms with Crippen molar-refractivity contribution in [1.82, 2.24) is 55.6 Å². The molecule has 0 bridgehead atoms. The second-order valence-electron chi connectivity index (χ2n) is 38.6. The number of nitrogens with two attached hydrogens (primary N) is 1. The van der Waals surface area contributed by atoms with E-state index >= 15 is 19.2 Å². The van der Waals surface area contributed by atoms with Crippen LogP contribution in [0.15, 0.2) is 36.0 Å². The van der Waals surface area contributed by atoms with Gasteiger partial charge in [-0.25, -0.2) is 4.79 Å². The van der Waals surface area contributed by atoms with Gasteiger partial charge in [-0.05, 0) is 157 Å². The molecule has 0 spiro atoms. The fraction of sp³-hybridized carbons (Fsp3) is 0.750. The minimum atomic E-state index is -1.96. The first-order valence-electron chi connectivity index (χ1n) is 45.1. The summed E-state index contributed by atoms with van der Waals surface area (Å²) >= 11 is 0. The van der Waals surface area contributed by atoms with Crippen molar-refractivity contribution in [3.05, 3.63) is 36.0 Å². The first-order valence-corrected chi connectivity index (χ1v) is 45.1. The zero-order valence-electron chi connectivity index (χ0n) is 80.3. The van der Waals surface area contributed by atoms with Gasteiger partial charge in [0, 0.05) is 66.1 Å². The van der Waals surface area contributed by atoms with Crippen LogP contribution in [0, 0.1) is 70.0 Å². The summed E-state index contributed by atoms with van der Waals surface area (Å²) in [5.41, 5.74) is 3.39. The Morgan fingerprint density at radius 3 is 1.65 bits per heavy atom. The van der Waals surface area contributed by atoms with Gasteiger partial charge >= 0.3 is 24.1 Å². The fourth-order valence-electron chi connectivity index (χ4n) is 18.9. The minimum Gasteiger partial charge on any atom is -0.463 e. The highest BCUT2D eigenvalue weighted by atomic mass is 16.8. The van der Waals surface area contributed by atoms with Gasteiger partial charge in [0.1, 0.15) is 84.8 Å². The number of aliphatic hydroxyl groups is 2. The number of allylic oxidation sites excluding steroid dienone is 6. The highest BCUT2D eigenvalue weighted by molar-refractivity contribution is 6.02. The lowest BCUT2D eigenvalue weighted by Gasteiger charge is -2.59. The molecule has 0 radical (unpaired) electrons. The van der Waals surface area contributed by atoms with Crippen molar-refractivity contribution in [2.45, 2.75) is 299 Å². The van der Waals surface area contributed by atoms with Gasteiger partial charge in [0.25, 0.3) is 0 Å². The minimum absolute atomic E-state index is 0.0151. The summed E-state index contributed by atoms with van der Waals surface area (Å²) in [5.74, 6) is -16.7. The standard InChI is InChI=1S/C92H148N12O24/c1-27-29-30-55(15)77(128-89(122)127-48-126-88(121)62(93)46-124-71(109)33-34-72(110)125-47-69(107)92(123)38-36-61-60-32-31-58-43-59(105)35-37-90(58,18)73(60)68(106)44-91(61,92)19)76-81(114)96-63(28-2)83(116)98(20)45-70(108)99(21)64(39-49(3)4)80(113)97-74(53(11)12)86(119)100(22)65(40-50(5)6)79(112)94-56(16)78(111)95-57(17)82(115)101(23)66(41-51(7)8)84(117)102(24)67(42-52(9)10)85(118)103(25)75(54(13)14)87(120)104(76)26/h27,29,35,37,43,49-57,60-68,73-77,106,123H,28,30-34,36,38-42,44-48,93H2,1-26H3,(H,94,112)(H,95,111)(H,96,114)(H,97,113)/b29-27+/t55-,56?,57?,60?,61?,62-,63?,64+,65?,66?,67?,68+,73?,74?,75?,76?,77-,90+,91+,92+/m1/s1. The third-order valence-electron chi connectivity index (χ3n) is 26.4. The summed E-state index contributed by atoms with van der Waals surface area (Å²) in [6.07, 6.45) is 4.89. The number of nitrogens with one attached hydrogen (secondary N) is 4. The van der Waals surface area contributed by atoms with E-state index in [0.29, 0.717) is 19.3 Å². The predicted octanol–water partition coefficient (Wildman–Crippen LogP) is 4.70. The highest BCUT2D eigenvalue weighted by Gasteiger charge is 2.68. The number of esters is 3. The van der Waals surface area contributed by atoms with Crippen molar-refractivity contribution in [2.75, 3.05) is 75.9 Å². The number of hydrogen-bond donors (Lipinski definition) is 7. The zero-order chi connectivity index (χ0) is 97.1. The van der Waals surface area contributed by atoms with E-state index in [1.807, 2.05) is 68.4 Å². The maximum absolute atomic E-state index is 15.9. The van der Waals surface area contributed by atoms with E-state index in [2.05, 4.69) is 21.3 Å². The van der Waals surface area contributed by atoms with Crippen LogP contribution in [0.4, 0.5) is 4.79 Å². The Morgan fingerprint density at radius 2 is 1.10 bits per heavy atom. The van der Waals surface area contributed by atoms with Gasteiger partial charge in [0.15, 0.2) is 12.4 Å². The van der Waals surface area contributed by atoms with Gasteiger partial charge in [-0.1, -0.05) is 135 Å². The molecule has 4 aliphatic carbocycles. The number of carbonyl (C=O) groups excluding carboxylic acids is 17. The Bertz CT molecular complexity index is 4110. The van der Waals surface area contributed by atoms with Crippen molar-refractivity contribution >= 4 is 101 Å². The molecule has 1 saturated heterocycles. The van der Waals surface area contributed by atoms with Crippen LogP contribution in [0.3, 0.4) is 0 Å². The molecule has 8 N–H and O–H groups in total. The number of ether oxygens (including phenoxy) is 5. The number of Topliss-reactive ketones (excluding diaryl/α,β-unsaturated/α-hetero) is 1. The Balaban J connectivity index is 1.45. The largest absolute Gasteiger partial charge is 0.511 e. The van der Waals surface area contributed by atoms with Gasteiger partial charge in [-0.15, -0.1) is 0 Å². The Labute approximate surface area is 755 Å². The lowest BCUT2D eigenvalue weighted by molar-refractivity contribution is -0.181. The SMILES string of the molecule is C/C=C/C[C@@H](C)[C@@H](OC(=O)OCOC(=O)[C@H](N)COC(=O)CCC(=O)OCC(=O)[C@@]1(O)CCC2C3CCC4=CC(=O)C=C[C@]4(C)C3[C@@H](O)C[C@@]21C)C1C(=O)NC(CC)C(=O)N(C)CC(=O)N(C)[C@@H](CC(C)C)C(=O)NC(C(C)C)C(=O)N(C)C(CC(C)C)C(=O)NC(C)C(=O)NC(C)C(=O)N(C)C(CC(C)C)C(=O)N(C)C(CC(C)C)C(=O)N(C)C(C(C)C)C(=O)N1C. The summed E-state index contributed by atoms with van der Waals surface area (Å²) in [5, 5.41) is 34.8. The predicted molar refractivity (Wildman–Crippen MR) is 472 cm³/mol. The maximum atomic E-state index is 15.9. The van der Waals surface area contributed by atoms with Gasteiger partial charge in [-0.3, -0.25) is 76.7 Å². The molecule has 1 aliphatic heterocycles. The lowest BCUT2D eigenvalue weighted by atomic mass is 9.46. The second kappa shape index (κ2) is 47.2. The van der Waals surface area contributed by atoms with Crippen molar-refractivity contribution in [1.29, 1.82) is 0 Å². The third-order valence-corrected chi connectivity index (χ3v) is 26.4. The van der Waals surface area contributed by atoms with Gasteiger partial charge in [0.05, 0.1) is 25.5 Å². The summed E-state index contributed by atoms with van der Waals surface area (Å²) < 4.78 is 26.9. The van der Waals surface area contributed by atoms with Crippen molar-refractivity contribution in [2.24, 2.45) is 75.7 Å². The van der Waals surface area contributed by atoms with E-state index in [9.17, 15) is 72.5 Å². The number of amides is 11. The Morgan fingerprint density at radius 1 is 0.586 bits per heavy atom. The molecule has 12 unspecified atom stereocenters. The molecule has 3 saturated carbocycles. The van der Waals surface area contributed by atoms with Gasteiger partial charge in [-0.2, -0.15) is 0 Å². The molecular formula is C92H148N12O24. The van der Waals surface area contributed by atoms with E-state index in [4.69, 9.17) is 29.4 Å². The molecule has 0 aromatic carbocycles. The van der Waals surface area contributed by atoms with Crippen molar-refractivity contribution < 1.29 is 115 Å². The first-order chi connectivity index (χ1) is 59.5. The van der Waals surface area contributed by atoms with E-state index in [0.717, 1.165) is 25.2 Å². The molecule has 36 heteroatoms. The molecule has 4 fully saturated rings. The van der Waals surface area contributed by atoms with Crippen LogP contribution in [0.25, 0.3) is 0 Å². The number of ketones is 2. The quantitative estimate of drug-likeness (QED) is 0.0253. The maximum Gasteiger partial charge on any atom is 0.511 e. The molecule has 0 aromatic heterocycles. The number of fused-ring (bicyclic) bond motifs is 5. The van der Waals surface area contributed by atoms with Crippen LogP contribution in [0.2, 0.25) is 0 Å². The average molecular weight is 1810 g/mol. The Kier molecular flexibility index (Phi) is 40.1. The van der Waals surface area contributed by atoms with Crippen LogP contribution >= 0.6 is 0 Å². The van der Waals surface area contributed by atoms with E-state index in [1.165, 1.54) is 84.0 Å². The van der Waals surface area contributed by atoms with E-state index in [1.54, 1.807) is 73.6 Å². The summed E-state index contributed by atoms with van der Waals surface area (Å²) in [4.78, 5) is 252. The molecule has 0 aromatic rings. The molecule has 1 heterocycles. The number of hydrogen-bond acceptors (Lipinski definition) is 25. The number of rotatable bonds is 27. The number of aliphatic hydroxyl groups excluding tert-OH is 1. The van der Waals surface area contributed by atoms with Crippen LogP contribution in [-0.4, -0.2) is 305 Å². The smallest absolute Gasteiger partial charge is 0.463 e. The van der Waals surface area contributed by atoms with Gasteiger partial charge < -0.3 is 95.2 Å². The lowest BCUT2D eigenvalue weighted by Crippen LogP contribution is -2.64. The van der Waals surface area contributed by atoms with Gasteiger partial charge in [0.2, 0.25) is 77.6 Å². The molecule has 20 atom stereocenters. The summed E-state index contributed by atoms with van der Waals surface area (Å²) in [6, 6.07) is -15.6. The highest BCUT2D eigenvalue weighted by Crippen LogP contribution is 2.67. The molecule has 5 rings (SSSR count). The molecule has 128 heavy (non-hydrogen) atoms. The first kappa shape index (κ1) is 109. The van der Waals surface area contributed by atoms with Crippen molar-refractivity contribution in [3.63, 3.8) is 0 Å². The van der Waals surface area contributed by atoms with E-state index < -0.39 is 247 Å². The molecule has 36 nitrogen and oxygen atoms in total. The fourth-order valence-corrected chi connectivity index (χ4v) is 18.9. The van der Waals surface area contributed by atoms with Crippen LogP contribution in [0.5, 0.6) is 0 Å². The molecule has 720 valence electrons. The molecule has 11 amide bonds. The average Bonchev–Trinajstić information content (AvgIpc) is 1.36. The number of nitrogens with zero attached hydrogens (tertiary/aromatic N) is 7. The normalized spacial score (nSPS) is 29.7. The molecular weight excluding hydrogens is 1660 g/mol. The summed E-state index contributed by atoms with van der Waals surface area (Å²) in [7, 11) is 9.37. The second-order valence-corrected chi connectivity index (χ2v) is 38.6. The van der Waals surface area contributed by atoms with Crippen LogP contribution in [-0.2, 0) is 100 Å². The summed E-state index contributed by atoms with van der Waals surface area (Å²) in [6.45, 7) is 29.0. The topological polar surface area (TPSA) is 474 Å². The van der Waals surface area contributed by atoms with E-state index in [-0.39, 0.29) is 98.6 Å². The zero-order valence-corrected chi connectivity index (χ0v) is 80.3. The van der Waals surface area contributed by atoms with Crippen LogP contribution < -0.4 is 27.0 Å². The number of likely N-dealkylation sites (N-methyl/N-ethyl adjacent to an activating group) is 7. The Hall–Kier alpha value is -9.71. The van der Waals surface area contributed by atoms with Crippen molar-refractivity contribution in [3.8, 4) is 0 Å². The molecule has 5 aliphatic rings. The number of carbonyl (C=O) groups is 17. The third kappa shape index (κ3) is 26.8.